The minimum atomic E-state index is -0.631. The molecule has 0 amide bonds. The first-order valence-corrected chi connectivity index (χ1v) is 6.98. The number of pyridine rings is 2. The molecule has 5 heteroatoms. The summed E-state index contributed by atoms with van der Waals surface area (Å²) in [6, 6.07) is 11.0. The van der Waals surface area contributed by atoms with Crippen LogP contribution in [-0.2, 0) is 0 Å². The summed E-state index contributed by atoms with van der Waals surface area (Å²) >= 11 is 5.94. The highest BCUT2D eigenvalue weighted by Gasteiger charge is 2.09. The quantitative estimate of drug-likeness (QED) is 0.775. The molecule has 1 unspecified atom stereocenters. The highest BCUT2D eigenvalue weighted by Crippen LogP contribution is 2.22. The predicted molar refractivity (Wildman–Crippen MR) is 84.4 cm³/mol. The van der Waals surface area contributed by atoms with Crippen molar-refractivity contribution in [1.29, 1.82) is 0 Å². The molecule has 0 aliphatic carbocycles. The van der Waals surface area contributed by atoms with Crippen molar-refractivity contribution in [3.63, 3.8) is 0 Å². The van der Waals surface area contributed by atoms with E-state index in [1.54, 1.807) is 30.7 Å². The maximum Gasteiger partial charge on any atom is 0.0962 e. The van der Waals surface area contributed by atoms with Crippen LogP contribution in [0.15, 0.2) is 55.0 Å². The second-order valence-electron chi connectivity index (χ2n) is 4.70. The molecule has 106 valence electrons. The molecule has 1 aromatic carbocycles. The Labute approximate surface area is 127 Å². The highest BCUT2D eigenvalue weighted by molar-refractivity contribution is 6.30. The van der Waals surface area contributed by atoms with Gasteiger partial charge in [0.15, 0.2) is 0 Å². The molecule has 0 fully saturated rings. The van der Waals surface area contributed by atoms with E-state index >= 15 is 0 Å². The third-order valence-corrected chi connectivity index (χ3v) is 3.50. The minimum Gasteiger partial charge on any atom is -0.387 e. The van der Waals surface area contributed by atoms with E-state index in [4.69, 9.17) is 11.6 Å². The topological polar surface area (TPSA) is 58.0 Å². The van der Waals surface area contributed by atoms with Crippen LogP contribution in [0.2, 0.25) is 5.02 Å². The van der Waals surface area contributed by atoms with Crippen molar-refractivity contribution in [2.75, 3.05) is 11.9 Å². The van der Waals surface area contributed by atoms with Crippen LogP contribution in [0.25, 0.3) is 10.9 Å². The normalized spacial score (nSPS) is 12.3. The zero-order valence-electron chi connectivity index (χ0n) is 11.2. The Hall–Kier alpha value is -2.17. The smallest absolute Gasteiger partial charge is 0.0962 e. The number of aromatic nitrogens is 2. The first-order chi connectivity index (χ1) is 10.2. The fourth-order valence-corrected chi connectivity index (χ4v) is 2.39. The maximum absolute atomic E-state index is 10.2. The van der Waals surface area contributed by atoms with Crippen LogP contribution in [0.1, 0.15) is 11.7 Å². The van der Waals surface area contributed by atoms with E-state index in [0.717, 1.165) is 22.2 Å². The largest absolute Gasteiger partial charge is 0.387 e. The second-order valence-corrected chi connectivity index (χ2v) is 5.14. The molecule has 4 nitrogen and oxygen atoms in total. The molecule has 0 aliphatic heterocycles. The number of nitrogens with one attached hydrogen (secondary N) is 1. The number of hydrogen-bond acceptors (Lipinski definition) is 4. The molecule has 0 bridgehead atoms. The van der Waals surface area contributed by atoms with Gasteiger partial charge in [-0.05, 0) is 29.8 Å². The van der Waals surface area contributed by atoms with E-state index in [9.17, 15) is 5.11 Å². The molecular weight excluding hydrogens is 286 g/mol. The van der Waals surface area contributed by atoms with Gasteiger partial charge >= 0.3 is 0 Å². The van der Waals surface area contributed by atoms with E-state index in [1.807, 2.05) is 24.3 Å². The van der Waals surface area contributed by atoms with E-state index < -0.39 is 6.10 Å². The van der Waals surface area contributed by atoms with Gasteiger partial charge in [-0.3, -0.25) is 9.97 Å². The van der Waals surface area contributed by atoms with Crippen LogP contribution in [0, 0.1) is 0 Å². The van der Waals surface area contributed by atoms with Crippen molar-refractivity contribution in [2.24, 2.45) is 0 Å². The fraction of sp³-hybridized carbons (Fsp3) is 0.125. The van der Waals surface area contributed by atoms with Gasteiger partial charge in [0.05, 0.1) is 17.8 Å². The van der Waals surface area contributed by atoms with Crippen LogP contribution >= 0.6 is 11.6 Å². The molecular formula is C16H14ClN3O. The molecule has 0 aliphatic rings. The van der Waals surface area contributed by atoms with Crippen molar-refractivity contribution in [3.8, 4) is 0 Å². The van der Waals surface area contributed by atoms with Gasteiger partial charge in [0.1, 0.15) is 0 Å². The summed E-state index contributed by atoms with van der Waals surface area (Å²) in [5, 5.41) is 15.1. The van der Waals surface area contributed by atoms with Gasteiger partial charge in [-0.2, -0.15) is 0 Å². The van der Waals surface area contributed by atoms with Gasteiger partial charge in [0.2, 0.25) is 0 Å². The summed E-state index contributed by atoms with van der Waals surface area (Å²) in [4.78, 5) is 8.31. The lowest BCUT2D eigenvalue weighted by atomic mass is 10.1. The summed E-state index contributed by atoms with van der Waals surface area (Å²) in [7, 11) is 0. The van der Waals surface area contributed by atoms with Gasteiger partial charge in [0.25, 0.3) is 0 Å². The van der Waals surface area contributed by atoms with Crippen LogP contribution in [0.5, 0.6) is 0 Å². The molecule has 2 aromatic heterocycles. The third-order valence-electron chi connectivity index (χ3n) is 3.26. The van der Waals surface area contributed by atoms with E-state index in [-0.39, 0.29) is 0 Å². The lowest BCUT2D eigenvalue weighted by Gasteiger charge is -2.14. The van der Waals surface area contributed by atoms with Crippen molar-refractivity contribution in [2.45, 2.75) is 6.10 Å². The Morgan fingerprint density at radius 3 is 2.95 bits per heavy atom. The number of hydrogen-bond donors (Lipinski definition) is 2. The first-order valence-electron chi connectivity index (χ1n) is 6.60. The number of halogens is 1. The molecule has 2 heterocycles. The standard InChI is InChI=1S/C16H14ClN3O/c17-12-3-1-2-11(8-12)16(21)10-20-14-5-7-19-15-9-18-6-4-13(14)15/h1-9,16,21H,10H2,(H,19,20). The number of nitrogens with zero attached hydrogens (tertiary/aromatic N) is 2. The molecule has 3 aromatic rings. The summed E-state index contributed by atoms with van der Waals surface area (Å²) in [6.07, 6.45) is 4.53. The zero-order chi connectivity index (χ0) is 14.7. The van der Waals surface area contributed by atoms with E-state index in [1.165, 1.54) is 0 Å². The van der Waals surface area contributed by atoms with Crippen LogP contribution in [0.4, 0.5) is 5.69 Å². The number of fused-ring (bicyclic) bond motifs is 1. The van der Waals surface area contributed by atoms with Gasteiger partial charge in [-0.25, -0.2) is 0 Å². The Bertz CT molecular complexity index is 758. The van der Waals surface area contributed by atoms with Gasteiger partial charge in [-0.1, -0.05) is 23.7 Å². The van der Waals surface area contributed by atoms with Crippen LogP contribution < -0.4 is 5.32 Å². The van der Waals surface area contributed by atoms with Gasteiger partial charge in [0, 0.05) is 35.0 Å². The average Bonchev–Trinajstić information content (AvgIpc) is 2.52. The van der Waals surface area contributed by atoms with Crippen LogP contribution in [-0.4, -0.2) is 21.6 Å². The Kier molecular flexibility index (Phi) is 3.99. The number of aliphatic hydroxyl groups excluding tert-OH is 1. The Balaban J connectivity index is 1.77. The highest BCUT2D eigenvalue weighted by atomic mass is 35.5. The molecule has 0 saturated carbocycles. The Morgan fingerprint density at radius 2 is 2.10 bits per heavy atom. The summed E-state index contributed by atoms with van der Waals surface area (Å²) in [6.45, 7) is 0.391. The predicted octanol–water partition coefficient (Wildman–Crippen LogP) is 3.43. The SMILES string of the molecule is OC(CNc1ccnc2cnccc12)c1cccc(Cl)c1. The molecule has 2 N–H and O–H groups in total. The maximum atomic E-state index is 10.2. The lowest BCUT2D eigenvalue weighted by molar-refractivity contribution is 0.191. The molecule has 21 heavy (non-hydrogen) atoms. The fourth-order valence-electron chi connectivity index (χ4n) is 2.19. The molecule has 0 radical (unpaired) electrons. The van der Waals surface area contributed by atoms with E-state index in [0.29, 0.717) is 11.6 Å². The molecule has 0 saturated heterocycles. The van der Waals surface area contributed by atoms with Crippen LogP contribution in [0.3, 0.4) is 0 Å². The van der Waals surface area contributed by atoms with Crippen molar-refractivity contribution >= 4 is 28.2 Å². The summed E-state index contributed by atoms with van der Waals surface area (Å²) in [5.41, 5.74) is 2.53. The monoisotopic (exact) mass is 299 g/mol. The minimum absolute atomic E-state index is 0.391. The first kappa shape index (κ1) is 13.8. The number of rotatable bonds is 4. The summed E-state index contributed by atoms with van der Waals surface area (Å²) in [5.74, 6) is 0. The Morgan fingerprint density at radius 1 is 1.19 bits per heavy atom. The molecule has 3 rings (SSSR count). The molecule has 1 atom stereocenters. The number of anilines is 1. The summed E-state index contributed by atoms with van der Waals surface area (Å²) < 4.78 is 0. The van der Waals surface area contributed by atoms with Crippen molar-refractivity contribution in [3.05, 3.63) is 65.6 Å². The molecule has 0 spiro atoms. The number of aliphatic hydroxyl groups is 1. The van der Waals surface area contributed by atoms with Crippen molar-refractivity contribution < 1.29 is 5.11 Å². The van der Waals surface area contributed by atoms with E-state index in [2.05, 4.69) is 15.3 Å². The lowest BCUT2D eigenvalue weighted by Crippen LogP contribution is -2.12. The van der Waals surface area contributed by atoms with Gasteiger partial charge < -0.3 is 10.4 Å². The number of benzene rings is 1. The third kappa shape index (κ3) is 3.12. The zero-order valence-corrected chi connectivity index (χ0v) is 12.0. The second kappa shape index (κ2) is 6.08. The van der Waals surface area contributed by atoms with Gasteiger partial charge in [-0.15, -0.1) is 0 Å². The van der Waals surface area contributed by atoms with Crippen molar-refractivity contribution in [1.82, 2.24) is 9.97 Å². The average molecular weight is 300 g/mol.